The van der Waals surface area contributed by atoms with Crippen molar-refractivity contribution in [1.82, 2.24) is 24.8 Å². The average Bonchev–Trinajstić information content (AvgIpc) is 2.85. The molecule has 1 aliphatic carbocycles. The number of nitrogens with zero attached hydrogens (tertiary/aromatic N) is 5. The van der Waals surface area contributed by atoms with Crippen LogP contribution in [0.15, 0.2) is 48.9 Å². The molecule has 5 heterocycles. The molecule has 0 unspecified atom stereocenters. The van der Waals surface area contributed by atoms with Crippen LogP contribution in [0.3, 0.4) is 0 Å². The molecule has 35 heavy (non-hydrogen) atoms. The maximum Gasteiger partial charge on any atom is 0.417 e. The Balaban J connectivity index is 1.44. The Morgan fingerprint density at radius 1 is 1.09 bits per heavy atom. The molecular formula is C25H24F3N5O2. The van der Waals surface area contributed by atoms with Crippen LogP contribution in [0.1, 0.15) is 47.9 Å². The Morgan fingerprint density at radius 2 is 1.86 bits per heavy atom. The molecule has 0 radical (unpaired) electrons. The minimum Gasteiger partial charge on any atom is -0.472 e. The molecule has 0 aromatic carbocycles. The molecule has 7 nitrogen and oxygen atoms in total. The van der Waals surface area contributed by atoms with Crippen molar-refractivity contribution in [3.8, 4) is 17.3 Å². The third kappa shape index (κ3) is 4.44. The monoisotopic (exact) mass is 483 g/mol. The maximum atomic E-state index is 13.9. The molecule has 2 aliphatic heterocycles. The Bertz CT molecular complexity index is 1220. The molecule has 3 aromatic heterocycles. The number of carbonyl (C=O) groups excluding carboxylic acids is 1. The Morgan fingerprint density at radius 3 is 2.54 bits per heavy atom. The molecule has 2 bridgehead atoms. The highest BCUT2D eigenvalue weighted by Crippen LogP contribution is 2.42. The summed E-state index contributed by atoms with van der Waals surface area (Å²) in [6, 6.07) is 7.22. The maximum absolute atomic E-state index is 13.9. The van der Waals surface area contributed by atoms with E-state index < -0.39 is 11.7 Å². The number of hydrogen-bond donors (Lipinski definition) is 0. The van der Waals surface area contributed by atoms with Gasteiger partial charge in [0.1, 0.15) is 11.8 Å². The lowest BCUT2D eigenvalue weighted by Gasteiger charge is -2.53. The SMILES string of the molecule is Cc1ccc(-c2ncccn2)c(C(=O)N2[C@H](C)[C@@H]3CC[C@H]2[C@H](Oc2ccc(C(F)(F)F)cn2)C3)n1. The zero-order chi connectivity index (χ0) is 24.7. The van der Waals surface area contributed by atoms with E-state index in [2.05, 4.69) is 19.9 Å². The van der Waals surface area contributed by atoms with Gasteiger partial charge in [-0.1, -0.05) is 0 Å². The van der Waals surface area contributed by atoms with Crippen molar-refractivity contribution in [3.05, 3.63) is 65.9 Å². The molecule has 182 valence electrons. The van der Waals surface area contributed by atoms with Gasteiger partial charge in [0, 0.05) is 36.4 Å². The highest BCUT2D eigenvalue weighted by molar-refractivity contribution is 5.98. The minimum atomic E-state index is -4.46. The molecule has 1 saturated carbocycles. The lowest BCUT2D eigenvalue weighted by Crippen LogP contribution is -2.63. The summed E-state index contributed by atoms with van der Waals surface area (Å²) in [5, 5.41) is 0. The number of amides is 1. The number of halogens is 3. The van der Waals surface area contributed by atoms with Gasteiger partial charge in [-0.2, -0.15) is 13.2 Å². The molecule has 10 heteroatoms. The molecule has 1 amide bonds. The number of hydrogen-bond acceptors (Lipinski definition) is 6. The lowest BCUT2D eigenvalue weighted by atomic mass is 9.73. The van der Waals surface area contributed by atoms with Crippen LogP contribution in [0.5, 0.6) is 5.88 Å². The summed E-state index contributed by atoms with van der Waals surface area (Å²) < 4.78 is 44.7. The first-order valence-electron chi connectivity index (χ1n) is 11.5. The van der Waals surface area contributed by atoms with Gasteiger partial charge in [-0.05, 0) is 63.3 Å². The Kier molecular flexibility index (Phi) is 5.90. The van der Waals surface area contributed by atoms with Crippen molar-refractivity contribution in [2.24, 2.45) is 5.92 Å². The van der Waals surface area contributed by atoms with Crippen LogP contribution in [-0.4, -0.2) is 48.9 Å². The first-order chi connectivity index (χ1) is 16.7. The molecule has 0 N–H and O–H groups in total. The fourth-order valence-corrected chi connectivity index (χ4v) is 5.13. The molecule has 3 fully saturated rings. The highest BCUT2D eigenvalue weighted by Gasteiger charge is 2.49. The van der Waals surface area contributed by atoms with E-state index in [9.17, 15) is 18.0 Å². The van der Waals surface area contributed by atoms with E-state index in [1.165, 1.54) is 6.07 Å². The first-order valence-corrected chi connectivity index (χ1v) is 11.5. The smallest absolute Gasteiger partial charge is 0.417 e. The number of rotatable bonds is 4. The molecule has 2 saturated heterocycles. The molecule has 4 atom stereocenters. The van der Waals surface area contributed by atoms with Crippen molar-refractivity contribution in [2.75, 3.05) is 0 Å². The second-order valence-corrected chi connectivity index (χ2v) is 9.05. The summed E-state index contributed by atoms with van der Waals surface area (Å²) in [7, 11) is 0. The second kappa shape index (κ2) is 8.90. The molecule has 0 spiro atoms. The van der Waals surface area contributed by atoms with Gasteiger partial charge in [-0.3, -0.25) is 4.79 Å². The Hall–Kier alpha value is -3.56. The van der Waals surface area contributed by atoms with Crippen LogP contribution in [0.4, 0.5) is 13.2 Å². The number of pyridine rings is 2. The van der Waals surface area contributed by atoms with Gasteiger partial charge >= 0.3 is 6.18 Å². The van der Waals surface area contributed by atoms with Crippen molar-refractivity contribution < 1.29 is 22.7 Å². The number of ether oxygens (including phenoxy) is 1. The highest BCUT2D eigenvalue weighted by atomic mass is 19.4. The number of carbonyl (C=O) groups is 1. The van der Waals surface area contributed by atoms with E-state index in [4.69, 9.17) is 4.74 Å². The van der Waals surface area contributed by atoms with Crippen molar-refractivity contribution in [1.29, 1.82) is 0 Å². The summed E-state index contributed by atoms with van der Waals surface area (Å²) >= 11 is 0. The van der Waals surface area contributed by atoms with E-state index in [0.717, 1.165) is 25.1 Å². The summed E-state index contributed by atoms with van der Waals surface area (Å²) in [5.41, 5.74) is 0.699. The molecule has 3 aromatic rings. The van der Waals surface area contributed by atoms with Crippen molar-refractivity contribution >= 4 is 5.91 Å². The van der Waals surface area contributed by atoms with E-state index in [0.29, 0.717) is 23.5 Å². The number of fused-ring (bicyclic) bond motifs is 3. The zero-order valence-corrected chi connectivity index (χ0v) is 19.2. The number of alkyl halides is 3. The van der Waals surface area contributed by atoms with E-state index in [1.807, 2.05) is 24.8 Å². The Labute approximate surface area is 200 Å². The van der Waals surface area contributed by atoms with Gasteiger partial charge in [0.15, 0.2) is 5.82 Å². The van der Waals surface area contributed by atoms with Gasteiger partial charge in [0.2, 0.25) is 5.88 Å². The standard InChI is InChI=1S/C25H24F3N5O2/c1-14-4-7-18(23-29-10-3-11-30-23)22(32-14)24(34)33-15(2)16-5-8-19(33)20(12-16)35-21-9-6-17(13-31-21)25(26,27)28/h3-4,6-7,9-11,13,15-16,19-20H,5,8,12H2,1-2H3/t15-,16-,19+,20-/m1/s1. The summed E-state index contributed by atoms with van der Waals surface area (Å²) in [5.74, 6) is 0.499. The number of aryl methyl sites for hydroxylation is 1. The normalized spacial score (nSPS) is 23.9. The van der Waals surface area contributed by atoms with Gasteiger partial charge < -0.3 is 9.64 Å². The van der Waals surface area contributed by atoms with Crippen molar-refractivity contribution in [3.63, 3.8) is 0 Å². The van der Waals surface area contributed by atoms with Crippen LogP contribution in [0.2, 0.25) is 0 Å². The van der Waals surface area contributed by atoms with Crippen LogP contribution in [-0.2, 0) is 6.18 Å². The summed E-state index contributed by atoms with van der Waals surface area (Å²) in [6.07, 6.45) is 1.54. The molecule has 3 aliphatic rings. The first kappa shape index (κ1) is 23.2. The summed E-state index contributed by atoms with van der Waals surface area (Å²) in [4.78, 5) is 32.7. The zero-order valence-electron chi connectivity index (χ0n) is 19.2. The van der Waals surface area contributed by atoms with E-state index in [-0.39, 0.29) is 41.6 Å². The third-order valence-electron chi connectivity index (χ3n) is 6.89. The molecular weight excluding hydrogens is 459 g/mol. The minimum absolute atomic E-state index is 0.0338. The van der Waals surface area contributed by atoms with Gasteiger partial charge in [0.25, 0.3) is 5.91 Å². The number of aromatic nitrogens is 4. The van der Waals surface area contributed by atoms with E-state index in [1.54, 1.807) is 24.5 Å². The van der Waals surface area contributed by atoms with Crippen LogP contribution >= 0.6 is 0 Å². The number of piperidine rings is 2. The average molecular weight is 483 g/mol. The fraction of sp³-hybridized carbons (Fsp3) is 0.400. The molecule has 6 rings (SSSR count). The van der Waals surface area contributed by atoms with Crippen LogP contribution < -0.4 is 4.74 Å². The van der Waals surface area contributed by atoms with Crippen LogP contribution in [0, 0.1) is 12.8 Å². The van der Waals surface area contributed by atoms with Crippen LogP contribution in [0.25, 0.3) is 11.4 Å². The predicted octanol–water partition coefficient (Wildman–Crippen LogP) is 4.72. The quantitative estimate of drug-likeness (QED) is 0.534. The summed E-state index contributed by atoms with van der Waals surface area (Å²) in [6.45, 7) is 3.84. The lowest BCUT2D eigenvalue weighted by molar-refractivity contribution is -0.137. The van der Waals surface area contributed by atoms with Crippen molar-refractivity contribution in [2.45, 2.75) is 57.5 Å². The second-order valence-electron chi connectivity index (χ2n) is 9.05. The largest absolute Gasteiger partial charge is 0.472 e. The van der Waals surface area contributed by atoms with Gasteiger partial charge in [-0.15, -0.1) is 0 Å². The third-order valence-corrected chi connectivity index (χ3v) is 6.89. The topological polar surface area (TPSA) is 81.1 Å². The van der Waals surface area contributed by atoms with Gasteiger partial charge in [-0.25, -0.2) is 19.9 Å². The fourth-order valence-electron chi connectivity index (χ4n) is 5.13. The predicted molar refractivity (Wildman–Crippen MR) is 120 cm³/mol. The van der Waals surface area contributed by atoms with Gasteiger partial charge in [0.05, 0.1) is 17.2 Å². The van der Waals surface area contributed by atoms with E-state index >= 15 is 0 Å².